The van der Waals surface area contributed by atoms with Crippen LogP contribution >= 0.6 is 11.6 Å². The Morgan fingerprint density at radius 3 is 2.32 bits per heavy atom. The Morgan fingerprint density at radius 2 is 1.61 bits per heavy atom. The number of likely N-dealkylation sites (tertiary alicyclic amines) is 1. The number of hydrogen-bond acceptors (Lipinski definition) is 5. The number of fused-ring (bicyclic) bond motifs is 3. The van der Waals surface area contributed by atoms with Crippen molar-refractivity contribution in [1.82, 2.24) is 19.8 Å². The fraction of sp³-hybridized carbons (Fsp3) is 0.333. The van der Waals surface area contributed by atoms with E-state index < -0.39 is 5.97 Å². The molecule has 1 aromatic heterocycles. The Hall–Kier alpha value is -3.81. The number of carbonyl (C=O) groups excluding carboxylic acids is 1. The van der Waals surface area contributed by atoms with Gasteiger partial charge in [0.25, 0.3) is 5.91 Å². The van der Waals surface area contributed by atoms with Crippen LogP contribution < -0.4 is 0 Å². The molecule has 0 radical (unpaired) electrons. The van der Waals surface area contributed by atoms with Gasteiger partial charge < -0.3 is 10.0 Å². The Kier molecular flexibility index (Phi) is 7.99. The number of unbranched alkanes of at least 4 members (excludes halogenated alkanes) is 1. The highest BCUT2D eigenvalue weighted by Crippen LogP contribution is 2.33. The van der Waals surface area contributed by atoms with Gasteiger partial charge >= 0.3 is 5.97 Å². The zero-order valence-corrected chi connectivity index (χ0v) is 23.6. The summed E-state index contributed by atoms with van der Waals surface area (Å²) in [6, 6.07) is 24.1. The second-order valence-corrected chi connectivity index (χ2v) is 11.5. The van der Waals surface area contributed by atoms with Crippen molar-refractivity contribution in [1.29, 1.82) is 0 Å². The number of halogens is 1. The standard InChI is InChI=1S/C33H33ClN4O3/c34-25-13-10-23(11-14-25)32-29(8-4-5-9-31(39)40)35-30-18-24(12-17-28(30)36-32)33(41)38-26-15-16-27(38)21-37(20-26)19-22-6-2-1-3-7-22/h1-3,6-7,10-14,17-18,26-27H,4-5,8-9,15-16,19-21H2,(H,39,40). The number of carboxylic acid groups (broad SMARTS) is 1. The van der Waals surface area contributed by atoms with Gasteiger partial charge in [-0.2, -0.15) is 0 Å². The van der Waals surface area contributed by atoms with Crippen molar-refractivity contribution in [3.8, 4) is 11.3 Å². The van der Waals surface area contributed by atoms with Gasteiger partial charge in [-0.05, 0) is 68.0 Å². The summed E-state index contributed by atoms with van der Waals surface area (Å²) in [5.41, 5.74) is 5.80. The molecular formula is C33H33ClN4O3. The fourth-order valence-electron chi connectivity index (χ4n) is 6.25. The van der Waals surface area contributed by atoms with Crippen LogP contribution in [-0.4, -0.2) is 61.9 Å². The second kappa shape index (κ2) is 12.0. The van der Waals surface area contributed by atoms with E-state index in [0.29, 0.717) is 35.4 Å². The summed E-state index contributed by atoms with van der Waals surface area (Å²) < 4.78 is 0. The third kappa shape index (κ3) is 6.11. The summed E-state index contributed by atoms with van der Waals surface area (Å²) in [7, 11) is 0. The number of piperazine rings is 1. The van der Waals surface area contributed by atoms with Gasteiger partial charge in [0.2, 0.25) is 0 Å². The van der Waals surface area contributed by atoms with Gasteiger partial charge in [0.15, 0.2) is 0 Å². The van der Waals surface area contributed by atoms with Gasteiger partial charge in [0.1, 0.15) is 0 Å². The minimum Gasteiger partial charge on any atom is -0.481 e. The summed E-state index contributed by atoms with van der Waals surface area (Å²) in [5.74, 6) is -0.740. The van der Waals surface area contributed by atoms with Crippen molar-refractivity contribution >= 4 is 34.5 Å². The first-order valence-corrected chi connectivity index (χ1v) is 14.7. The molecule has 4 aromatic rings. The molecule has 2 aliphatic rings. The summed E-state index contributed by atoms with van der Waals surface area (Å²) in [6.07, 6.45) is 4.02. The summed E-state index contributed by atoms with van der Waals surface area (Å²) in [5, 5.41) is 9.69. The molecule has 0 spiro atoms. The van der Waals surface area contributed by atoms with Crippen molar-refractivity contribution in [3.05, 3.63) is 94.6 Å². The number of hydrogen-bond donors (Lipinski definition) is 1. The Bertz CT molecular complexity index is 1550. The normalized spacial score (nSPS) is 18.6. The smallest absolute Gasteiger partial charge is 0.303 e. The van der Waals surface area contributed by atoms with Gasteiger partial charge in [0.05, 0.1) is 22.4 Å². The predicted molar refractivity (Wildman–Crippen MR) is 160 cm³/mol. The fourth-order valence-corrected chi connectivity index (χ4v) is 6.37. The van der Waals surface area contributed by atoms with E-state index in [9.17, 15) is 9.59 Å². The van der Waals surface area contributed by atoms with Crippen LogP contribution in [0.3, 0.4) is 0 Å². The summed E-state index contributed by atoms with van der Waals surface area (Å²) >= 11 is 6.12. The summed E-state index contributed by atoms with van der Waals surface area (Å²) in [4.78, 5) is 39.3. The topological polar surface area (TPSA) is 86.6 Å². The van der Waals surface area contributed by atoms with Gasteiger partial charge in [-0.1, -0.05) is 54.1 Å². The van der Waals surface area contributed by atoms with Crippen LogP contribution in [0.15, 0.2) is 72.8 Å². The van der Waals surface area contributed by atoms with Crippen molar-refractivity contribution in [2.45, 2.75) is 57.2 Å². The third-order valence-corrected chi connectivity index (χ3v) is 8.45. The molecule has 1 N–H and O–H groups in total. The molecule has 0 saturated carbocycles. The minimum atomic E-state index is -0.800. The molecule has 3 heterocycles. The lowest BCUT2D eigenvalue weighted by Gasteiger charge is -2.41. The lowest BCUT2D eigenvalue weighted by molar-refractivity contribution is -0.137. The van der Waals surface area contributed by atoms with Crippen LogP contribution in [0.1, 0.15) is 53.7 Å². The molecule has 41 heavy (non-hydrogen) atoms. The maximum absolute atomic E-state index is 13.8. The van der Waals surface area contributed by atoms with E-state index in [1.54, 1.807) is 0 Å². The summed E-state index contributed by atoms with van der Waals surface area (Å²) in [6.45, 7) is 2.68. The van der Waals surface area contributed by atoms with Crippen molar-refractivity contribution < 1.29 is 14.7 Å². The molecule has 2 unspecified atom stereocenters. The van der Waals surface area contributed by atoms with Crippen LogP contribution in [-0.2, 0) is 17.8 Å². The van der Waals surface area contributed by atoms with E-state index in [2.05, 4.69) is 34.1 Å². The minimum absolute atomic E-state index is 0.0605. The van der Waals surface area contributed by atoms with Crippen molar-refractivity contribution in [2.75, 3.05) is 13.1 Å². The maximum atomic E-state index is 13.8. The highest BCUT2D eigenvalue weighted by Gasteiger charge is 2.42. The number of amides is 1. The molecule has 7 nitrogen and oxygen atoms in total. The van der Waals surface area contributed by atoms with Crippen molar-refractivity contribution in [3.63, 3.8) is 0 Å². The SMILES string of the molecule is O=C(O)CCCCc1nc2cc(C(=O)N3C4CCC3CN(Cc3ccccc3)C4)ccc2nc1-c1ccc(Cl)cc1. The molecule has 2 saturated heterocycles. The number of aromatic nitrogens is 2. The van der Waals surface area contributed by atoms with E-state index in [0.717, 1.165) is 54.9 Å². The van der Waals surface area contributed by atoms with E-state index in [1.165, 1.54) is 5.56 Å². The number of carbonyl (C=O) groups is 2. The molecule has 1 amide bonds. The Morgan fingerprint density at radius 1 is 0.878 bits per heavy atom. The zero-order chi connectivity index (χ0) is 28.3. The zero-order valence-electron chi connectivity index (χ0n) is 22.9. The van der Waals surface area contributed by atoms with Gasteiger partial charge in [-0.15, -0.1) is 0 Å². The maximum Gasteiger partial charge on any atom is 0.303 e. The van der Waals surface area contributed by atoms with Gasteiger partial charge in [-0.3, -0.25) is 14.5 Å². The van der Waals surface area contributed by atoms with E-state index in [4.69, 9.17) is 26.7 Å². The third-order valence-electron chi connectivity index (χ3n) is 8.20. The lowest BCUT2D eigenvalue weighted by Crippen LogP contribution is -2.55. The number of aryl methyl sites for hydroxylation is 1. The lowest BCUT2D eigenvalue weighted by atomic mass is 10.0. The van der Waals surface area contributed by atoms with Gasteiger partial charge in [-0.25, -0.2) is 9.97 Å². The van der Waals surface area contributed by atoms with Gasteiger partial charge in [0, 0.05) is 54.3 Å². The molecular weight excluding hydrogens is 536 g/mol. The van der Waals surface area contributed by atoms with Crippen molar-refractivity contribution in [2.24, 2.45) is 0 Å². The molecule has 8 heteroatoms. The van der Waals surface area contributed by atoms with Crippen LogP contribution in [0, 0.1) is 0 Å². The molecule has 2 fully saturated rings. The van der Waals surface area contributed by atoms with E-state index >= 15 is 0 Å². The van der Waals surface area contributed by atoms with Crippen LogP contribution in [0.5, 0.6) is 0 Å². The molecule has 6 rings (SSSR count). The molecule has 2 aliphatic heterocycles. The number of rotatable bonds is 9. The number of aliphatic carboxylic acids is 1. The number of carboxylic acids is 1. The Labute approximate surface area is 244 Å². The molecule has 2 bridgehead atoms. The predicted octanol–water partition coefficient (Wildman–Crippen LogP) is 6.24. The molecule has 0 aliphatic carbocycles. The number of nitrogens with zero attached hydrogens (tertiary/aromatic N) is 4. The highest BCUT2D eigenvalue weighted by atomic mass is 35.5. The number of benzene rings is 3. The first-order chi connectivity index (χ1) is 19.9. The Balaban J connectivity index is 1.24. The van der Waals surface area contributed by atoms with Crippen LogP contribution in [0.4, 0.5) is 0 Å². The quantitative estimate of drug-likeness (QED) is 0.241. The van der Waals surface area contributed by atoms with E-state index in [1.807, 2.05) is 48.5 Å². The average Bonchev–Trinajstić information content (AvgIpc) is 3.24. The second-order valence-electron chi connectivity index (χ2n) is 11.1. The first-order valence-electron chi connectivity index (χ1n) is 14.3. The van der Waals surface area contributed by atoms with Crippen LogP contribution in [0.25, 0.3) is 22.3 Å². The largest absolute Gasteiger partial charge is 0.481 e. The molecule has 2 atom stereocenters. The average molecular weight is 569 g/mol. The van der Waals surface area contributed by atoms with Crippen LogP contribution in [0.2, 0.25) is 5.02 Å². The van der Waals surface area contributed by atoms with E-state index in [-0.39, 0.29) is 24.4 Å². The first kappa shape index (κ1) is 27.4. The monoisotopic (exact) mass is 568 g/mol. The molecule has 210 valence electrons. The molecule has 3 aromatic carbocycles. The highest BCUT2D eigenvalue weighted by molar-refractivity contribution is 6.30.